The van der Waals surface area contributed by atoms with Crippen LogP contribution in [0, 0.1) is 0 Å². The van der Waals surface area contributed by atoms with Crippen LogP contribution >= 0.6 is 0 Å². The van der Waals surface area contributed by atoms with E-state index in [1.807, 2.05) is 33.9 Å². The molecule has 0 bridgehead atoms. The van der Waals surface area contributed by atoms with Crippen LogP contribution in [0.1, 0.15) is 74.6 Å². The number of ketones is 1. The highest BCUT2D eigenvalue weighted by Crippen LogP contribution is 2.46. The van der Waals surface area contributed by atoms with Gasteiger partial charge in [0.1, 0.15) is 18.5 Å². The lowest BCUT2D eigenvalue weighted by Gasteiger charge is -2.38. The summed E-state index contributed by atoms with van der Waals surface area (Å²) < 4.78 is 124. The summed E-state index contributed by atoms with van der Waals surface area (Å²) in [6.45, 7) is 11.8. The fraction of sp³-hybridized carbons (Fsp3) is 0.526. The predicted molar refractivity (Wildman–Crippen MR) is 193 cm³/mol. The van der Waals surface area contributed by atoms with Crippen molar-refractivity contribution in [2.24, 2.45) is 0 Å². The van der Waals surface area contributed by atoms with Gasteiger partial charge in [0.2, 0.25) is 0 Å². The lowest BCUT2D eigenvalue weighted by molar-refractivity contribution is -0.286. The molecule has 0 saturated heterocycles. The van der Waals surface area contributed by atoms with Gasteiger partial charge in [-0.3, -0.25) is 4.79 Å². The van der Waals surface area contributed by atoms with Gasteiger partial charge in [-0.05, 0) is 25.1 Å². The van der Waals surface area contributed by atoms with Crippen LogP contribution < -0.4 is 0 Å². The van der Waals surface area contributed by atoms with Crippen LogP contribution in [0.4, 0.5) is 26.3 Å². The Bertz CT molecular complexity index is 1780. The normalized spacial score (nSPS) is 16.0. The van der Waals surface area contributed by atoms with Crippen molar-refractivity contribution in [2.75, 3.05) is 27.4 Å². The molecule has 56 heavy (non-hydrogen) atoms. The molecule has 2 unspecified atom stereocenters. The maximum Gasteiger partial charge on any atom is 0.432 e. The second kappa shape index (κ2) is 18.0. The Morgan fingerprint density at radius 3 is 1.64 bits per heavy atom. The third-order valence-corrected chi connectivity index (χ3v) is 14.2. The monoisotopic (exact) mass is 818 g/mol. The molecule has 0 aliphatic rings. The number of rotatable bonds is 18. The first-order chi connectivity index (χ1) is 25.9. The fourth-order valence-corrected chi connectivity index (χ4v) is 6.64. The van der Waals surface area contributed by atoms with Crippen LogP contribution in [-0.4, -0.2) is 81.5 Å². The summed E-state index contributed by atoms with van der Waals surface area (Å²) in [7, 11) is -1.36. The maximum atomic E-state index is 15.1. The van der Waals surface area contributed by atoms with E-state index in [1.54, 1.807) is 6.92 Å². The number of Topliss-reactive ketones (excluding diaryl/α,β-unsaturated/α-hetero) is 1. The van der Waals surface area contributed by atoms with Crippen molar-refractivity contribution in [3.63, 3.8) is 0 Å². The van der Waals surface area contributed by atoms with Crippen LogP contribution in [0.15, 0.2) is 66.9 Å². The van der Waals surface area contributed by atoms with E-state index in [9.17, 15) is 14.4 Å². The molecule has 4 atom stereocenters. The molecule has 3 aromatic rings. The third kappa shape index (κ3) is 9.53. The molecular weight excluding hydrogens is 770 g/mol. The van der Waals surface area contributed by atoms with Crippen molar-refractivity contribution < 1.29 is 68.8 Å². The summed E-state index contributed by atoms with van der Waals surface area (Å²) in [6, 6.07) is 11.6. The summed E-state index contributed by atoms with van der Waals surface area (Å²) in [6.07, 6.45) is -14.6. The minimum atomic E-state index is -5.48. The van der Waals surface area contributed by atoms with Gasteiger partial charge in [-0.25, -0.2) is 14.6 Å². The second-order valence-corrected chi connectivity index (χ2v) is 19.1. The average molecular weight is 819 g/mol. The zero-order chi connectivity index (χ0) is 42.3. The molecule has 1 heterocycles. The van der Waals surface area contributed by atoms with Crippen LogP contribution in [-0.2, 0) is 55.6 Å². The van der Waals surface area contributed by atoms with Gasteiger partial charge in [-0.15, -0.1) is 0 Å². The SMILES string of the molecule is CCOCn1cc([C@H](OC(=O)C(OC)(c2ccccc2)C(F)(F)F)[C@H](CCO[Si](C)(C)C(C)(C)C)OC(=O)C(OC)(c2ccccc2)C(F)(F)F)nc1C(C)=O. The van der Waals surface area contributed by atoms with Crippen LogP contribution in [0.3, 0.4) is 0 Å². The molecule has 1 aromatic heterocycles. The minimum Gasteiger partial charge on any atom is -0.455 e. The molecule has 0 aliphatic carbocycles. The quantitative estimate of drug-likeness (QED) is 0.0537. The van der Waals surface area contributed by atoms with Crippen LogP contribution in [0.2, 0.25) is 18.1 Å². The standard InChI is InChI=1S/C38H48F6N2O9Si/c1-10-52-24-46-23-28(45-31(46)25(2)47)30(55-33(49)36(51-7,38(42,43)44)27-19-15-12-16-20-27)29(21-22-53-56(8,9)34(3,4)5)54-32(48)35(50-6,37(39,40)41)26-17-13-11-14-18-26/h11-20,23,29-30H,10,21-22,24H2,1-9H3/t29-,30-,35?,36?/m0/s1. The number of hydrogen-bond donors (Lipinski definition) is 0. The fourth-order valence-electron chi connectivity index (χ4n) is 5.58. The van der Waals surface area contributed by atoms with Crippen molar-refractivity contribution in [3.05, 3.63) is 89.5 Å². The van der Waals surface area contributed by atoms with E-state index in [0.29, 0.717) is 14.2 Å². The maximum absolute atomic E-state index is 15.1. The molecule has 2 aromatic carbocycles. The summed E-state index contributed by atoms with van der Waals surface area (Å²) in [4.78, 5) is 45.2. The Morgan fingerprint density at radius 1 is 0.786 bits per heavy atom. The van der Waals surface area contributed by atoms with E-state index in [2.05, 4.69) is 4.98 Å². The molecule has 0 N–H and O–H groups in total. The lowest BCUT2D eigenvalue weighted by Crippen LogP contribution is -2.54. The second-order valence-electron chi connectivity index (χ2n) is 14.3. The zero-order valence-electron chi connectivity index (χ0n) is 32.7. The van der Waals surface area contributed by atoms with E-state index in [1.165, 1.54) is 36.4 Å². The van der Waals surface area contributed by atoms with Gasteiger partial charge in [0.05, 0.1) is 0 Å². The van der Waals surface area contributed by atoms with Crippen molar-refractivity contribution >= 4 is 26.0 Å². The van der Waals surface area contributed by atoms with Crippen LogP contribution in [0.25, 0.3) is 0 Å². The van der Waals surface area contributed by atoms with Crippen molar-refractivity contribution in [1.82, 2.24) is 9.55 Å². The van der Waals surface area contributed by atoms with Crippen molar-refractivity contribution in [1.29, 1.82) is 0 Å². The van der Waals surface area contributed by atoms with E-state index in [-0.39, 0.29) is 30.8 Å². The Morgan fingerprint density at radius 2 is 1.25 bits per heavy atom. The first-order valence-corrected chi connectivity index (χ1v) is 20.4. The van der Waals surface area contributed by atoms with Gasteiger partial charge in [-0.2, -0.15) is 26.3 Å². The molecule has 0 amide bonds. The van der Waals surface area contributed by atoms with Gasteiger partial charge in [0.25, 0.3) is 11.2 Å². The molecular formula is C38H48F6N2O9Si. The van der Waals surface area contributed by atoms with E-state index >= 15 is 26.3 Å². The van der Waals surface area contributed by atoms with Gasteiger partial charge < -0.3 is 32.7 Å². The molecule has 11 nitrogen and oxygen atoms in total. The summed E-state index contributed by atoms with van der Waals surface area (Å²) in [5.41, 5.74) is -9.37. The summed E-state index contributed by atoms with van der Waals surface area (Å²) in [5.74, 6) is -5.06. The summed E-state index contributed by atoms with van der Waals surface area (Å²) in [5, 5.41) is -0.380. The number of nitrogens with zero attached hydrogens (tertiary/aromatic N) is 2. The molecule has 0 aliphatic heterocycles. The predicted octanol–water partition coefficient (Wildman–Crippen LogP) is 8.20. The number of alkyl halides is 6. The largest absolute Gasteiger partial charge is 0.455 e. The Kier molecular flexibility index (Phi) is 14.9. The highest BCUT2D eigenvalue weighted by atomic mass is 28.4. The molecule has 18 heteroatoms. The van der Waals surface area contributed by atoms with E-state index < -0.39 is 85.0 Å². The van der Waals surface area contributed by atoms with Gasteiger partial charge in [-0.1, -0.05) is 81.4 Å². The number of aromatic nitrogens is 2. The van der Waals surface area contributed by atoms with Crippen molar-refractivity contribution in [2.45, 2.75) is 102 Å². The molecule has 0 spiro atoms. The van der Waals surface area contributed by atoms with Gasteiger partial charge in [0, 0.05) is 58.1 Å². The number of esters is 2. The number of hydrogen-bond acceptors (Lipinski definition) is 10. The number of halogens is 6. The number of benzene rings is 2. The topological polar surface area (TPSA) is 124 Å². The van der Waals surface area contributed by atoms with E-state index in [0.717, 1.165) is 42.0 Å². The highest BCUT2D eigenvalue weighted by Gasteiger charge is 2.66. The van der Waals surface area contributed by atoms with Crippen LogP contribution in [0.5, 0.6) is 0 Å². The molecule has 0 radical (unpaired) electrons. The third-order valence-electron chi connectivity index (χ3n) is 9.68. The Balaban J connectivity index is 2.35. The number of carbonyl (C=O) groups excluding carboxylic acids is 3. The number of imidazole rings is 1. The lowest BCUT2D eigenvalue weighted by atomic mass is 9.92. The summed E-state index contributed by atoms with van der Waals surface area (Å²) >= 11 is 0. The number of methoxy groups -OCH3 is 2. The minimum absolute atomic E-state index is 0.156. The zero-order valence-corrected chi connectivity index (χ0v) is 33.7. The van der Waals surface area contributed by atoms with Crippen molar-refractivity contribution in [3.8, 4) is 0 Å². The Labute approximate surface area is 322 Å². The van der Waals surface area contributed by atoms with Gasteiger partial charge in [0.15, 0.2) is 26.0 Å². The smallest absolute Gasteiger partial charge is 0.432 e. The number of carbonyl (C=O) groups is 3. The molecule has 0 saturated carbocycles. The van der Waals surface area contributed by atoms with Gasteiger partial charge >= 0.3 is 24.3 Å². The van der Waals surface area contributed by atoms with E-state index in [4.69, 9.17) is 28.1 Å². The first-order valence-electron chi connectivity index (χ1n) is 17.5. The number of ether oxygens (including phenoxy) is 5. The molecule has 0 fully saturated rings. The average Bonchev–Trinajstić information content (AvgIpc) is 3.54. The molecule has 310 valence electrons. The first kappa shape index (κ1) is 46.3. The molecule has 3 rings (SSSR count). The Hall–Kier alpha value is -4.10. The highest BCUT2D eigenvalue weighted by molar-refractivity contribution is 6.74.